The Labute approximate surface area is 550 Å². The molecule has 11 aromatic carbocycles. The van der Waals surface area contributed by atoms with Crippen molar-refractivity contribution in [1.82, 2.24) is 0 Å². The first kappa shape index (κ1) is 62.8. The number of hydrogen-bond donors (Lipinski definition) is 1. The van der Waals surface area contributed by atoms with Gasteiger partial charge in [0.1, 0.15) is 28.7 Å². The third-order valence-corrected chi connectivity index (χ3v) is 18.4. The monoisotopic (exact) mass is 1230 g/mol. The SMILES string of the molecule is CCCCCCC1(CCCCCC)c2cc(Nc3ccc(-c4ccc(N(c5ccc(OC)cc5)c5ccc(OC)cc5)cc4)cc3)ccc2-c2ccc(N(c3ccc(OC)cc3)c3ccc(-c4ccc(N(c5ccc(OC)cc5)c5ccc(OC)cc5)cc4)cc3)cc21. The molecule has 1 N–H and O–H groups in total. The van der Waals surface area contributed by atoms with Crippen LogP contribution in [0.2, 0.25) is 0 Å². The molecule has 9 nitrogen and oxygen atoms in total. The molecule has 11 aromatic rings. The number of unbranched alkanes of at least 4 members (excludes halogenated alkanes) is 6. The Morgan fingerprint density at radius 1 is 0.269 bits per heavy atom. The summed E-state index contributed by atoms with van der Waals surface area (Å²) in [5.74, 6) is 4.08. The van der Waals surface area contributed by atoms with Crippen molar-refractivity contribution in [3.8, 4) is 62.1 Å². The predicted molar refractivity (Wildman–Crippen MR) is 388 cm³/mol. The fraction of sp³-hybridized carbons (Fsp3) is 0.214. The molecule has 0 fully saturated rings. The summed E-state index contributed by atoms with van der Waals surface area (Å²) in [5.41, 5.74) is 21.6. The van der Waals surface area contributed by atoms with Crippen LogP contribution < -0.4 is 43.7 Å². The van der Waals surface area contributed by atoms with Gasteiger partial charge in [0, 0.05) is 68.0 Å². The smallest absolute Gasteiger partial charge is 0.119 e. The average Bonchev–Trinajstić information content (AvgIpc) is 1.57. The highest BCUT2D eigenvalue weighted by Crippen LogP contribution is 2.57. The van der Waals surface area contributed by atoms with Crippen LogP contribution >= 0.6 is 0 Å². The van der Waals surface area contributed by atoms with Crippen molar-refractivity contribution in [3.05, 3.63) is 266 Å². The molecule has 0 bridgehead atoms. The van der Waals surface area contributed by atoms with Gasteiger partial charge in [0.2, 0.25) is 0 Å². The second kappa shape index (κ2) is 29.3. The quantitative estimate of drug-likeness (QED) is 0.0483. The average molecular weight is 1230 g/mol. The zero-order valence-corrected chi connectivity index (χ0v) is 54.7. The van der Waals surface area contributed by atoms with E-state index < -0.39 is 0 Å². The van der Waals surface area contributed by atoms with Crippen molar-refractivity contribution >= 4 is 62.6 Å². The summed E-state index contributed by atoms with van der Waals surface area (Å²) >= 11 is 0. The lowest BCUT2D eigenvalue weighted by atomic mass is 9.70. The van der Waals surface area contributed by atoms with Gasteiger partial charge in [-0.05, 0) is 251 Å². The molecule has 0 atom stereocenters. The summed E-state index contributed by atoms with van der Waals surface area (Å²) in [4.78, 5) is 6.91. The molecule has 0 saturated carbocycles. The van der Waals surface area contributed by atoms with E-state index in [1.165, 1.54) is 60.8 Å². The first-order valence-corrected chi connectivity index (χ1v) is 32.8. The first-order valence-electron chi connectivity index (χ1n) is 32.8. The maximum absolute atomic E-state index is 5.72. The van der Waals surface area contributed by atoms with Crippen molar-refractivity contribution in [1.29, 1.82) is 0 Å². The maximum Gasteiger partial charge on any atom is 0.119 e. The Kier molecular flexibility index (Phi) is 19.8. The van der Waals surface area contributed by atoms with E-state index >= 15 is 0 Å². The van der Waals surface area contributed by atoms with E-state index in [4.69, 9.17) is 23.7 Å². The molecule has 0 aliphatic heterocycles. The van der Waals surface area contributed by atoms with Crippen LogP contribution in [0.5, 0.6) is 28.7 Å². The highest BCUT2D eigenvalue weighted by molar-refractivity contribution is 5.88. The Bertz CT molecular complexity index is 4090. The highest BCUT2D eigenvalue weighted by Gasteiger charge is 2.43. The number of anilines is 11. The zero-order chi connectivity index (χ0) is 64.1. The maximum atomic E-state index is 5.72. The fourth-order valence-corrected chi connectivity index (χ4v) is 13.4. The van der Waals surface area contributed by atoms with Crippen LogP contribution in [0.1, 0.15) is 89.2 Å². The molecule has 12 rings (SSSR count). The Hall–Kier alpha value is -10.4. The van der Waals surface area contributed by atoms with Crippen LogP contribution in [-0.4, -0.2) is 35.5 Å². The number of benzene rings is 11. The molecule has 93 heavy (non-hydrogen) atoms. The van der Waals surface area contributed by atoms with Crippen molar-refractivity contribution in [2.24, 2.45) is 0 Å². The van der Waals surface area contributed by atoms with E-state index in [-0.39, 0.29) is 5.41 Å². The summed E-state index contributed by atoms with van der Waals surface area (Å²) in [7, 11) is 8.51. The van der Waals surface area contributed by atoms with Gasteiger partial charge in [-0.1, -0.05) is 126 Å². The van der Waals surface area contributed by atoms with E-state index in [1.807, 2.05) is 48.5 Å². The van der Waals surface area contributed by atoms with Crippen molar-refractivity contribution in [2.75, 3.05) is 55.6 Å². The first-order chi connectivity index (χ1) is 45.7. The standard InChI is InChI=1S/C84H84N4O5/c1-8-10-12-14-56-84(57-15-13-11-9-2)82-58-65(85-64-24-16-60(17-25-64)61-18-27-66(28-19-61)86(69-33-44-75(89-3)45-34-69)70-35-46-76(90-4)47-36-70)26-54-80(82)81-55-43-74(59-83(81)84)88(73-41-52-79(93-7)53-42-73)68-31-22-63(23-32-68)62-20-29-67(30-21-62)87(71-37-48-77(91-5)49-38-71)72-39-50-78(92-6)51-40-72/h16-55,58-59,85H,8-15,56-57H2,1-7H3. The lowest BCUT2D eigenvalue weighted by Crippen LogP contribution is -2.26. The van der Waals surface area contributed by atoms with Gasteiger partial charge in [0.05, 0.1) is 35.5 Å². The van der Waals surface area contributed by atoms with Crippen LogP contribution in [-0.2, 0) is 5.41 Å². The van der Waals surface area contributed by atoms with E-state index in [2.05, 4.69) is 240 Å². The van der Waals surface area contributed by atoms with Gasteiger partial charge in [-0.2, -0.15) is 0 Å². The summed E-state index contributed by atoms with van der Waals surface area (Å²) in [6.07, 6.45) is 11.8. The largest absolute Gasteiger partial charge is 0.497 e. The molecule has 1 aliphatic rings. The van der Waals surface area contributed by atoms with Gasteiger partial charge >= 0.3 is 0 Å². The summed E-state index contributed by atoms with van der Waals surface area (Å²) in [6, 6.07) is 91.1. The molecule has 470 valence electrons. The van der Waals surface area contributed by atoms with Crippen LogP contribution in [0.4, 0.5) is 62.6 Å². The van der Waals surface area contributed by atoms with E-state index in [9.17, 15) is 0 Å². The minimum absolute atomic E-state index is 0.176. The molecule has 0 spiro atoms. The van der Waals surface area contributed by atoms with Crippen molar-refractivity contribution < 1.29 is 23.7 Å². The number of methoxy groups -OCH3 is 5. The highest BCUT2D eigenvalue weighted by atomic mass is 16.5. The number of ether oxygens (including phenoxy) is 5. The Morgan fingerprint density at radius 3 is 0.839 bits per heavy atom. The molecule has 0 unspecified atom stereocenters. The summed E-state index contributed by atoms with van der Waals surface area (Å²) < 4.78 is 27.8. The van der Waals surface area contributed by atoms with Crippen molar-refractivity contribution in [3.63, 3.8) is 0 Å². The second-order valence-corrected chi connectivity index (χ2v) is 24.0. The topological polar surface area (TPSA) is 67.9 Å². The minimum atomic E-state index is -0.176. The van der Waals surface area contributed by atoms with E-state index in [0.29, 0.717) is 0 Å². The van der Waals surface area contributed by atoms with Gasteiger partial charge in [-0.15, -0.1) is 0 Å². The summed E-state index contributed by atoms with van der Waals surface area (Å²) in [6.45, 7) is 4.63. The molecule has 0 amide bonds. The van der Waals surface area contributed by atoms with E-state index in [0.717, 1.165) is 139 Å². The molecule has 0 radical (unpaired) electrons. The minimum Gasteiger partial charge on any atom is -0.497 e. The van der Waals surface area contributed by atoms with Gasteiger partial charge in [0.25, 0.3) is 0 Å². The summed E-state index contributed by atoms with van der Waals surface area (Å²) in [5, 5.41) is 3.88. The van der Waals surface area contributed by atoms with Crippen LogP contribution in [0.3, 0.4) is 0 Å². The lowest BCUT2D eigenvalue weighted by Gasteiger charge is -2.34. The normalized spacial score (nSPS) is 11.9. The molecule has 0 saturated heterocycles. The third kappa shape index (κ3) is 13.8. The number of hydrogen-bond acceptors (Lipinski definition) is 9. The molecule has 0 aromatic heterocycles. The van der Waals surface area contributed by atoms with Crippen molar-refractivity contribution in [2.45, 2.75) is 83.5 Å². The number of rotatable bonds is 28. The molecular weight excluding hydrogens is 1140 g/mol. The van der Waals surface area contributed by atoms with Gasteiger partial charge in [0.15, 0.2) is 0 Å². The van der Waals surface area contributed by atoms with Gasteiger partial charge < -0.3 is 43.7 Å². The second-order valence-electron chi connectivity index (χ2n) is 24.0. The molecular formula is C84H84N4O5. The predicted octanol–water partition coefficient (Wildman–Crippen LogP) is 23.4. The van der Waals surface area contributed by atoms with Crippen LogP contribution in [0.15, 0.2) is 255 Å². The zero-order valence-electron chi connectivity index (χ0n) is 54.7. The number of fused-ring (bicyclic) bond motifs is 3. The van der Waals surface area contributed by atoms with Gasteiger partial charge in [-0.3, -0.25) is 0 Å². The Morgan fingerprint density at radius 2 is 0.527 bits per heavy atom. The van der Waals surface area contributed by atoms with Crippen LogP contribution in [0.25, 0.3) is 33.4 Å². The molecule has 0 heterocycles. The molecule has 1 aliphatic carbocycles. The lowest BCUT2D eigenvalue weighted by molar-refractivity contribution is 0.401. The fourth-order valence-electron chi connectivity index (χ4n) is 13.4. The number of nitrogens with one attached hydrogen (secondary N) is 1. The number of nitrogens with zero attached hydrogens (tertiary/aromatic N) is 3. The van der Waals surface area contributed by atoms with E-state index in [1.54, 1.807) is 35.5 Å². The third-order valence-electron chi connectivity index (χ3n) is 18.4. The Balaban J connectivity index is 0.846. The van der Waals surface area contributed by atoms with Gasteiger partial charge in [-0.25, -0.2) is 0 Å². The molecule has 9 heteroatoms. The van der Waals surface area contributed by atoms with Crippen LogP contribution in [0, 0.1) is 0 Å².